The van der Waals surface area contributed by atoms with Gasteiger partial charge in [-0.2, -0.15) is 0 Å². The summed E-state index contributed by atoms with van der Waals surface area (Å²) in [7, 11) is 0. The van der Waals surface area contributed by atoms with Gasteiger partial charge in [-0.05, 0) is 31.5 Å². The van der Waals surface area contributed by atoms with E-state index in [2.05, 4.69) is 51.5 Å². The fourth-order valence-corrected chi connectivity index (χ4v) is 2.59. The molecule has 0 atom stereocenters. The lowest BCUT2D eigenvalue weighted by atomic mass is 10.1. The van der Waals surface area contributed by atoms with Gasteiger partial charge >= 0.3 is 0 Å². The smallest absolute Gasteiger partial charge is 0.145 e. The van der Waals surface area contributed by atoms with Gasteiger partial charge in [0.1, 0.15) is 23.7 Å². The van der Waals surface area contributed by atoms with E-state index in [0.29, 0.717) is 12.6 Å². The quantitative estimate of drug-likeness (QED) is 0.860. The van der Waals surface area contributed by atoms with E-state index < -0.39 is 0 Å². The van der Waals surface area contributed by atoms with Gasteiger partial charge in [0.25, 0.3) is 0 Å². The largest absolute Gasteiger partial charge is 0.486 e. The third kappa shape index (κ3) is 4.28. The molecule has 1 aromatic heterocycles. The van der Waals surface area contributed by atoms with Gasteiger partial charge in [-0.25, -0.2) is 4.63 Å². The van der Waals surface area contributed by atoms with Crippen molar-refractivity contribution in [1.29, 1.82) is 0 Å². The second-order valence-electron chi connectivity index (χ2n) is 5.33. The highest BCUT2D eigenvalue weighted by Crippen LogP contribution is 2.29. The number of nitrogens with one attached hydrogen (secondary N) is 1. The Morgan fingerprint density at radius 3 is 2.67 bits per heavy atom. The maximum Gasteiger partial charge on any atom is 0.145 e. The summed E-state index contributed by atoms with van der Waals surface area (Å²) in [4.78, 5) is 0. The van der Waals surface area contributed by atoms with E-state index in [1.807, 2.05) is 19.9 Å². The van der Waals surface area contributed by atoms with Crippen LogP contribution in [0, 0.1) is 13.8 Å². The highest BCUT2D eigenvalue weighted by Gasteiger charge is 2.12. The average Bonchev–Trinajstić information content (AvgIpc) is 2.80. The van der Waals surface area contributed by atoms with Crippen molar-refractivity contribution in [1.82, 2.24) is 15.6 Å². The van der Waals surface area contributed by atoms with Crippen molar-refractivity contribution in [3.63, 3.8) is 0 Å². The highest BCUT2D eigenvalue weighted by atomic mass is 79.9. The van der Waals surface area contributed by atoms with Gasteiger partial charge in [-0.15, -0.1) is 0 Å². The number of nitrogens with zero attached hydrogens (tertiary/aromatic N) is 2. The number of halogens is 1. The van der Waals surface area contributed by atoms with Crippen LogP contribution in [0.2, 0.25) is 0 Å². The van der Waals surface area contributed by atoms with E-state index >= 15 is 0 Å². The predicted molar refractivity (Wildman–Crippen MR) is 84.2 cm³/mol. The van der Waals surface area contributed by atoms with Crippen LogP contribution in [0.15, 0.2) is 21.2 Å². The van der Waals surface area contributed by atoms with Crippen molar-refractivity contribution in [2.45, 2.75) is 46.9 Å². The van der Waals surface area contributed by atoms with Crippen LogP contribution in [0.25, 0.3) is 0 Å². The molecule has 2 aromatic rings. The molecule has 0 unspecified atom stereocenters. The standard InChI is InChI=1S/C15H20BrN3O2/c1-9(2)17-7-12-6-13(16)5-10(3)15(12)20-8-14-11(4)18-21-19-14/h5-6,9,17H,7-8H2,1-4H3. The molecule has 1 heterocycles. The minimum absolute atomic E-state index is 0.354. The molecule has 1 aromatic carbocycles. The summed E-state index contributed by atoms with van der Waals surface area (Å²) >= 11 is 3.53. The normalized spacial score (nSPS) is 11.1. The number of ether oxygens (including phenoxy) is 1. The van der Waals surface area contributed by atoms with Gasteiger partial charge in [0.15, 0.2) is 0 Å². The first-order valence-corrected chi connectivity index (χ1v) is 7.70. The summed E-state index contributed by atoms with van der Waals surface area (Å²) in [5.41, 5.74) is 3.68. The fourth-order valence-electron chi connectivity index (χ4n) is 1.97. The molecule has 5 nitrogen and oxygen atoms in total. The monoisotopic (exact) mass is 353 g/mol. The van der Waals surface area contributed by atoms with Crippen LogP contribution in [-0.2, 0) is 13.2 Å². The van der Waals surface area contributed by atoms with Crippen molar-refractivity contribution in [3.05, 3.63) is 39.1 Å². The second kappa shape index (κ2) is 7.04. The zero-order valence-electron chi connectivity index (χ0n) is 12.7. The van der Waals surface area contributed by atoms with Crippen LogP contribution >= 0.6 is 15.9 Å². The number of rotatable bonds is 6. The fraction of sp³-hybridized carbons (Fsp3) is 0.467. The van der Waals surface area contributed by atoms with Gasteiger partial charge in [-0.1, -0.05) is 40.1 Å². The Morgan fingerprint density at radius 1 is 1.29 bits per heavy atom. The van der Waals surface area contributed by atoms with Crippen molar-refractivity contribution >= 4 is 15.9 Å². The third-order valence-corrected chi connectivity index (χ3v) is 3.57. The van der Waals surface area contributed by atoms with Gasteiger partial charge in [0.05, 0.1) is 0 Å². The molecule has 0 aliphatic heterocycles. The van der Waals surface area contributed by atoms with Gasteiger partial charge in [0, 0.05) is 22.6 Å². The Hall–Kier alpha value is -1.40. The molecule has 0 radical (unpaired) electrons. The van der Waals surface area contributed by atoms with E-state index in [4.69, 9.17) is 9.37 Å². The SMILES string of the molecule is Cc1cc(Br)cc(CNC(C)C)c1OCc1nonc1C. The Labute approximate surface area is 133 Å². The van der Waals surface area contributed by atoms with Crippen molar-refractivity contribution in [2.24, 2.45) is 0 Å². The average molecular weight is 354 g/mol. The minimum atomic E-state index is 0.354. The van der Waals surface area contributed by atoms with Crippen LogP contribution < -0.4 is 10.1 Å². The lowest BCUT2D eigenvalue weighted by molar-refractivity contribution is 0.267. The zero-order chi connectivity index (χ0) is 15.4. The first-order valence-electron chi connectivity index (χ1n) is 6.90. The van der Waals surface area contributed by atoms with E-state index in [1.165, 1.54) is 0 Å². The highest BCUT2D eigenvalue weighted by molar-refractivity contribution is 9.10. The molecule has 0 saturated heterocycles. The Bertz CT molecular complexity index is 611. The van der Waals surface area contributed by atoms with E-state index in [0.717, 1.165) is 39.3 Å². The van der Waals surface area contributed by atoms with Crippen LogP contribution in [0.4, 0.5) is 0 Å². The van der Waals surface area contributed by atoms with E-state index in [1.54, 1.807) is 0 Å². The molecule has 6 heteroatoms. The lowest BCUT2D eigenvalue weighted by Gasteiger charge is -2.16. The Morgan fingerprint density at radius 2 is 2.05 bits per heavy atom. The lowest BCUT2D eigenvalue weighted by Crippen LogP contribution is -2.22. The number of hydrogen-bond acceptors (Lipinski definition) is 5. The van der Waals surface area contributed by atoms with Crippen LogP contribution in [0.3, 0.4) is 0 Å². The molecule has 114 valence electrons. The third-order valence-electron chi connectivity index (χ3n) is 3.12. The van der Waals surface area contributed by atoms with Crippen molar-refractivity contribution in [2.75, 3.05) is 0 Å². The topological polar surface area (TPSA) is 60.2 Å². The molecular formula is C15H20BrN3O2. The molecule has 0 spiro atoms. The van der Waals surface area contributed by atoms with Crippen LogP contribution in [0.1, 0.15) is 36.4 Å². The number of benzene rings is 1. The molecule has 0 aliphatic carbocycles. The molecular weight excluding hydrogens is 334 g/mol. The van der Waals surface area contributed by atoms with E-state index in [-0.39, 0.29) is 0 Å². The molecule has 0 aliphatic rings. The summed E-state index contributed by atoms with van der Waals surface area (Å²) in [6.07, 6.45) is 0. The number of aromatic nitrogens is 2. The van der Waals surface area contributed by atoms with E-state index in [9.17, 15) is 0 Å². The molecule has 1 N–H and O–H groups in total. The second-order valence-corrected chi connectivity index (χ2v) is 6.25. The van der Waals surface area contributed by atoms with Crippen molar-refractivity contribution in [3.8, 4) is 5.75 Å². The summed E-state index contributed by atoms with van der Waals surface area (Å²) in [5, 5.41) is 11.0. The Kier molecular flexibility index (Phi) is 5.36. The van der Waals surface area contributed by atoms with Gasteiger partial charge in [0.2, 0.25) is 0 Å². The van der Waals surface area contributed by atoms with Crippen LogP contribution in [0.5, 0.6) is 5.75 Å². The first-order chi connectivity index (χ1) is 9.97. The molecule has 0 bridgehead atoms. The van der Waals surface area contributed by atoms with Crippen molar-refractivity contribution < 1.29 is 9.37 Å². The Balaban J connectivity index is 2.18. The number of aryl methyl sites for hydroxylation is 2. The molecule has 0 saturated carbocycles. The summed E-state index contributed by atoms with van der Waals surface area (Å²) in [5.74, 6) is 0.883. The first kappa shape index (κ1) is 16.0. The maximum absolute atomic E-state index is 5.96. The molecule has 21 heavy (non-hydrogen) atoms. The zero-order valence-corrected chi connectivity index (χ0v) is 14.3. The molecule has 0 fully saturated rings. The maximum atomic E-state index is 5.96. The summed E-state index contributed by atoms with van der Waals surface area (Å²) in [6.45, 7) is 9.24. The van der Waals surface area contributed by atoms with Crippen LogP contribution in [-0.4, -0.2) is 16.4 Å². The summed E-state index contributed by atoms with van der Waals surface area (Å²) < 4.78 is 11.7. The minimum Gasteiger partial charge on any atom is -0.486 e. The summed E-state index contributed by atoms with van der Waals surface area (Å²) in [6, 6.07) is 4.53. The molecule has 0 amide bonds. The van der Waals surface area contributed by atoms with Gasteiger partial charge in [-0.3, -0.25) is 0 Å². The number of hydrogen-bond donors (Lipinski definition) is 1. The predicted octanol–water partition coefficient (Wildman–Crippen LogP) is 3.53. The molecule has 2 rings (SSSR count). The van der Waals surface area contributed by atoms with Gasteiger partial charge < -0.3 is 10.1 Å².